The Hall–Kier alpha value is -2.09. The first-order chi connectivity index (χ1) is 11.4. The molecular formula is C14H12Cl3N7. The largest absolute Gasteiger partial charge is 0.382 e. The molecule has 0 amide bonds. The SMILES string of the molecule is Cn1cnc2c(Cl)nc(Cl)cc21.Cn1cnc2c(N)nc(Cl)cc21. The molecule has 4 rings (SSSR count). The summed E-state index contributed by atoms with van der Waals surface area (Å²) in [5.74, 6) is 0.373. The van der Waals surface area contributed by atoms with Crippen molar-refractivity contribution in [3.8, 4) is 0 Å². The lowest BCUT2D eigenvalue weighted by Gasteiger charge is -1.97. The Morgan fingerprint density at radius 3 is 1.96 bits per heavy atom. The Morgan fingerprint density at radius 1 is 0.833 bits per heavy atom. The number of nitrogens with zero attached hydrogens (tertiary/aromatic N) is 6. The second-order valence-electron chi connectivity index (χ2n) is 5.01. The fraction of sp³-hybridized carbons (Fsp3) is 0.143. The summed E-state index contributed by atoms with van der Waals surface area (Å²) in [4.78, 5) is 15.9. The summed E-state index contributed by atoms with van der Waals surface area (Å²) in [6.07, 6.45) is 3.35. The van der Waals surface area contributed by atoms with Crippen molar-refractivity contribution >= 4 is 62.7 Å². The molecule has 0 radical (unpaired) electrons. The first-order valence-corrected chi connectivity index (χ1v) is 7.86. The number of hydrogen-bond donors (Lipinski definition) is 1. The van der Waals surface area contributed by atoms with Gasteiger partial charge in [-0.05, 0) is 0 Å². The summed E-state index contributed by atoms with van der Waals surface area (Å²) in [5.41, 5.74) is 8.76. The van der Waals surface area contributed by atoms with E-state index in [0.717, 1.165) is 11.0 Å². The van der Waals surface area contributed by atoms with Crippen LogP contribution in [-0.2, 0) is 14.1 Å². The molecule has 0 saturated heterocycles. The van der Waals surface area contributed by atoms with E-state index in [9.17, 15) is 0 Å². The van der Waals surface area contributed by atoms with Crippen molar-refractivity contribution in [2.45, 2.75) is 0 Å². The summed E-state index contributed by atoms with van der Waals surface area (Å²) >= 11 is 17.2. The summed E-state index contributed by atoms with van der Waals surface area (Å²) in [6.45, 7) is 0. The third-order valence-corrected chi connectivity index (χ3v) is 4.00. The van der Waals surface area contributed by atoms with E-state index >= 15 is 0 Å². The van der Waals surface area contributed by atoms with E-state index in [0.29, 0.717) is 32.3 Å². The smallest absolute Gasteiger partial charge is 0.158 e. The molecule has 0 aliphatic heterocycles. The number of pyridine rings is 2. The van der Waals surface area contributed by atoms with Gasteiger partial charge in [-0.3, -0.25) is 0 Å². The quantitative estimate of drug-likeness (QED) is 0.469. The third-order valence-electron chi connectivity index (χ3n) is 3.35. The topological polar surface area (TPSA) is 87.4 Å². The maximum Gasteiger partial charge on any atom is 0.158 e. The Balaban J connectivity index is 0.000000141. The maximum atomic E-state index is 5.80. The van der Waals surface area contributed by atoms with Gasteiger partial charge >= 0.3 is 0 Å². The summed E-state index contributed by atoms with van der Waals surface area (Å²) in [5, 5.41) is 1.12. The highest BCUT2D eigenvalue weighted by molar-refractivity contribution is 6.36. The number of rotatable bonds is 0. The lowest BCUT2D eigenvalue weighted by molar-refractivity contribution is 0.947. The van der Waals surface area contributed by atoms with Crippen LogP contribution < -0.4 is 5.73 Å². The Labute approximate surface area is 152 Å². The highest BCUT2D eigenvalue weighted by atomic mass is 35.5. The first kappa shape index (κ1) is 16.8. The number of aromatic nitrogens is 6. The number of fused-ring (bicyclic) bond motifs is 2. The molecule has 2 N–H and O–H groups in total. The Bertz CT molecular complexity index is 954. The molecule has 0 saturated carbocycles. The number of nitrogens with two attached hydrogens (primary N) is 1. The van der Waals surface area contributed by atoms with Gasteiger partial charge in [0.25, 0.3) is 0 Å². The van der Waals surface area contributed by atoms with Gasteiger partial charge in [-0.2, -0.15) is 0 Å². The minimum atomic E-state index is 0.345. The second kappa shape index (κ2) is 6.43. The third kappa shape index (κ3) is 3.10. The molecule has 4 aromatic heterocycles. The van der Waals surface area contributed by atoms with Crippen LogP contribution >= 0.6 is 34.8 Å². The number of nitrogen functional groups attached to an aromatic ring is 1. The predicted molar refractivity (Wildman–Crippen MR) is 96.5 cm³/mol. The van der Waals surface area contributed by atoms with Gasteiger partial charge in [0, 0.05) is 26.2 Å². The molecule has 10 heteroatoms. The standard InChI is InChI=1S/C7H5Cl2N3.C7H7ClN4/c2*1-12-3-10-6-4(12)2-5(8)11-7(6)9/h2-3H,1H3;2-3H,1H3,(H2,9,11). The second-order valence-corrected chi connectivity index (χ2v) is 6.14. The van der Waals surface area contributed by atoms with E-state index < -0.39 is 0 Å². The molecule has 24 heavy (non-hydrogen) atoms. The average Bonchev–Trinajstić information content (AvgIpc) is 3.05. The van der Waals surface area contributed by atoms with E-state index in [4.69, 9.17) is 40.5 Å². The van der Waals surface area contributed by atoms with Crippen molar-refractivity contribution in [1.29, 1.82) is 0 Å². The minimum absolute atomic E-state index is 0.345. The first-order valence-electron chi connectivity index (χ1n) is 6.73. The van der Waals surface area contributed by atoms with Crippen LogP contribution in [0.2, 0.25) is 15.5 Å². The molecule has 4 heterocycles. The van der Waals surface area contributed by atoms with E-state index in [1.54, 1.807) is 24.8 Å². The molecular weight excluding hydrogens is 373 g/mol. The summed E-state index contributed by atoms with van der Waals surface area (Å²) < 4.78 is 3.69. The number of anilines is 1. The number of halogens is 3. The zero-order valence-electron chi connectivity index (χ0n) is 12.7. The van der Waals surface area contributed by atoms with E-state index in [2.05, 4.69) is 19.9 Å². The molecule has 0 atom stereocenters. The molecule has 7 nitrogen and oxygen atoms in total. The zero-order chi connectivity index (χ0) is 17.4. The molecule has 0 spiro atoms. The van der Waals surface area contributed by atoms with Gasteiger partial charge in [-0.15, -0.1) is 0 Å². The fourth-order valence-corrected chi connectivity index (χ4v) is 2.84. The van der Waals surface area contributed by atoms with Crippen LogP contribution in [0.15, 0.2) is 24.8 Å². The van der Waals surface area contributed by atoms with E-state index in [-0.39, 0.29) is 0 Å². The van der Waals surface area contributed by atoms with Gasteiger partial charge in [0.05, 0.1) is 23.7 Å². The van der Waals surface area contributed by atoms with Gasteiger partial charge in [-0.25, -0.2) is 19.9 Å². The summed E-state index contributed by atoms with van der Waals surface area (Å²) in [7, 11) is 3.76. The fourth-order valence-electron chi connectivity index (χ4n) is 2.18. The monoisotopic (exact) mass is 383 g/mol. The molecule has 4 aromatic rings. The predicted octanol–water partition coefficient (Wildman–Crippen LogP) is 3.48. The van der Waals surface area contributed by atoms with Gasteiger partial charge in [0.15, 0.2) is 11.0 Å². The minimum Gasteiger partial charge on any atom is -0.382 e. The summed E-state index contributed by atoms with van der Waals surface area (Å²) in [6, 6.07) is 3.47. The van der Waals surface area contributed by atoms with Crippen molar-refractivity contribution < 1.29 is 0 Å². The number of hydrogen-bond acceptors (Lipinski definition) is 5. The van der Waals surface area contributed by atoms with Gasteiger partial charge in [0.2, 0.25) is 0 Å². The van der Waals surface area contributed by atoms with Crippen LogP contribution in [0.4, 0.5) is 5.82 Å². The van der Waals surface area contributed by atoms with Crippen LogP contribution in [0.3, 0.4) is 0 Å². The van der Waals surface area contributed by atoms with Crippen molar-refractivity contribution in [2.24, 2.45) is 14.1 Å². The zero-order valence-corrected chi connectivity index (χ0v) is 15.0. The van der Waals surface area contributed by atoms with Crippen molar-refractivity contribution in [1.82, 2.24) is 29.1 Å². The molecule has 0 fully saturated rings. The number of imidazole rings is 2. The van der Waals surface area contributed by atoms with Crippen LogP contribution in [0.1, 0.15) is 0 Å². The lowest BCUT2D eigenvalue weighted by atomic mass is 10.4. The maximum absolute atomic E-state index is 5.80. The molecule has 0 aliphatic carbocycles. The average molecular weight is 385 g/mol. The molecule has 124 valence electrons. The van der Waals surface area contributed by atoms with Crippen LogP contribution in [0, 0.1) is 0 Å². The van der Waals surface area contributed by atoms with Crippen molar-refractivity contribution in [2.75, 3.05) is 5.73 Å². The van der Waals surface area contributed by atoms with E-state index in [1.165, 1.54) is 0 Å². The van der Waals surface area contributed by atoms with Crippen molar-refractivity contribution in [3.05, 3.63) is 40.2 Å². The molecule has 0 unspecified atom stereocenters. The van der Waals surface area contributed by atoms with Crippen LogP contribution in [0.5, 0.6) is 0 Å². The van der Waals surface area contributed by atoms with Gasteiger partial charge < -0.3 is 14.9 Å². The van der Waals surface area contributed by atoms with E-state index in [1.807, 2.05) is 23.2 Å². The lowest BCUT2D eigenvalue weighted by Crippen LogP contribution is -1.92. The van der Waals surface area contributed by atoms with Gasteiger partial charge in [0.1, 0.15) is 21.3 Å². The highest BCUT2D eigenvalue weighted by Gasteiger charge is 2.07. The van der Waals surface area contributed by atoms with Crippen molar-refractivity contribution in [3.63, 3.8) is 0 Å². The number of aryl methyl sites for hydroxylation is 2. The Morgan fingerprint density at radius 2 is 1.33 bits per heavy atom. The van der Waals surface area contributed by atoms with Gasteiger partial charge in [-0.1, -0.05) is 34.8 Å². The molecule has 0 aliphatic rings. The Kier molecular flexibility index (Phi) is 4.49. The molecule has 0 bridgehead atoms. The molecule has 0 aromatic carbocycles. The highest BCUT2D eigenvalue weighted by Crippen LogP contribution is 2.22. The van der Waals surface area contributed by atoms with Crippen LogP contribution in [0.25, 0.3) is 22.1 Å². The normalized spacial score (nSPS) is 10.9. The van der Waals surface area contributed by atoms with Crippen LogP contribution in [-0.4, -0.2) is 29.1 Å².